The second-order valence-electron chi connectivity index (χ2n) is 4.21. The first-order valence-corrected chi connectivity index (χ1v) is 8.07. The number of carbonyl (C=O) groups excluding carboxylic acids is 1. The third-order valence-corrected chi connectivity index (χ3v) is 4.08. The van der Waals surface area contributed by atoms with Crippen LogP contribution in [0.3, 0.4) is 0 Å². The van der Waals surface area contributed by atoms with Crippen molar-refractivity contribution in [1.82, 2.24) is 10.3 Å². The molecule has 0 saturated carbocycles. The summed E-state index contributed by atoms with van der Waals surface area (Å²) in [6.07, 6.45) is 0. The Morgan fingerprint density at radius 1 is 1.05 bits per heavy atom. The number of halogens is 1. The van der Waals surface area contributed by atoms with Gasteiger partial charge in [-0.05, 0) is 36.4 Å². The Morgan fingerprint density at radius 3 is 2.32 bits per heavy atom. The maximum absolute atomic E-state index is 11.9. The number of ether oxygens (including phenoxy) is 1. The molecule has 0 aromatic heterocycles. The van der Waals surface area contributed by atoms with E-state index in [1.165, 1.54) is 24.3 Å². The molecule has 0 aliphatic carbocycles. The highest BCUT2D eigenvalue weighted by Gasteiger charge is 2.15. The Kier molecular flexibility index (Phi) is 5.37. The molecule has 0 aliphatic rings. The van der Waals surface area contributed by atoms with Crippen LogP contribution in [0.2, 0.25) is 5.02 Å². The average Bonchev–Trinajstić information content (AvgIpc) is 2.52. The van der Waals surface area contributed by atoms with Crippen molar-refractivity contribution in [2.75, 3.05) is 6.61 Å². The fraction of sp³-hybridized carbons (Fsp3) is 0.0714. The average molecular weight is 341 g/mol. The van der Waals surface area contributed by atoms with Gasteiger partial charge in [0.25, 0.3) is 15.9 Å². The molecule has 6 nitrogen and oxygen atoms in total. The predicted molar refractivity (Wildman–Crippen MR) is 81.9 cm³/mol. The Morgan fingerprint density at radius 2 is 1.68 bits per heavy atom. The summed E-state index contributed by atoms with van der Waals surface area (Å²) in [5, 5.41) is 0.416. The van der Waals surface area contributed by atoms with Crippen LogP contribution in [-0.4, -0.2) is 20.9 Å². The lowest BCUT2D eigenvalue weighted by atomic mass is 10.3. The third kappa shape index (κ3) is 4.73. The number of nitrogens with one attached hydrogen (secondary N) is 2. The number of hydrogen-bond acceptors (Lipinski definition) is 4. The lowest BCUT2D eigenvalue weighted by Crippen LogP contribution is -2.43. The number of amides is 1. The minimum atomic E-state index is -3.85. The summed E-state index contributed by atoms with van der Waals surface area (Å²) in [5.74, 6) is -0.111. The fourth-order valence-electron chi connectivity index (χ4n) is 1.50. The van der Waals surface area contributed by atoms with Crippen LogP contribution in [0.5, 0.6) is 5.75 Å². The van der Waals surface area contributed by atoms with Crippen molar-refractivity contribution in [1.29, 1.82) is 0 Å². The number of sulfonamides is 1. The first kappa shape index (κ1) is 16.3. The molecule has 0 heterocycles. The van der Waals surface area contributed by atoms with E-state index in [1.54, 1.807) is 24.3 Å². The highest BCUT2D eigenvalue weighted by Crippen LogP contribution is 2.13. The standard InChI is InChI=1S/C14H13ClN2O4S/c15-11-6-8-13(9-7-11)22(19,20)17-16-14(18)10-21-12-4-2-1-3-5-12/h1-9,17H,10H2,(H,16,18). The van der Waals surface area contributed by atoms with Crippen LogP contribution in [0.15, 0.2) is 59.5 Å². The molecule has 0 spiro atoms. The van der Waals surface area contributed by atoms with Gasteiger partial charge in [0.1, 0.15) is 5.75 Å². The molecule has 0 saturated heterocycles. The molecule has 22 heavy (non-hydrogen) atoms. The molecule has 2 N–H and O–H groups in total. The van der Waals surface area contributed by atoms with Crippen molar-refractivity contribution in [2.45, 2.75) is 4.90 Å². The van der Waals surface area contributed by atoms with Gasteiger partial charge in [-0.3, -0.25) is 10.2 Å². The first-order chi connectivity index (χ1) is 10.5. The SMILES string of the molecule is O=C(COc1ccccc1)NNS(=O)(=O)c1ccc(Cl)cc1. The number of rotatable bonds is 6. The van der Waals surface area contributed by atoms with E-state index in [9.17, 15) is 13.2 Å². The van der Waals surface area contributed by atoms with Gasteiger partial charge in [0.05, 0.1) is 4.90 Å². The molecule has 0 unspecified atom stereocenters. The van der Waals surface area contributed by atoms with Gasteiger partial charge in [-0.2, -0.15) is 0 Å². The quantitative estimate of drug-likeness (QED) is 0.784. The summed E-state index contributed by atoms with van der Waals surface area (Å²) in [5.41, 5.74) is 2.07. The van der Waals surface area contributed by atoms with Crippen LogP contribution in [0, 0.1) is 0 Å². The van der Waals surface area contributed by atoms with Gasteiger partial charge in [0.15, 0.2) is 6.61 Å². The molecule has 0 bridgehead atoms. The summed E-state index contributed by atoms with van der Waals surface area (Å²) in [7, 11) is -3.85. The molecular formula is C14H13ClN2O4S. The second-order valence-corrected chi connectivity index (χ2v) is 6.33. The maximum Gasteiger partial charge on any atom is 0.272 e. The molecule has 2 aromatic carbocycles. The van der Waals surface area contributed by atoms with E-state index >= 15 is 0 Å². The second kappa shape index (κ2) is 7.26. The minimum absolute atomic E-state index is 0.0128. The van der Waals surface area contributed by atoms with Gasteiger partial charge in [-0.25, -0.2) is 8.42 Å². The molecule has 0 fully saturated rings. The molecule has 2 rings (SSSR count). The summed E-state index contributed by atoms with van der Waals surface area (Å²) < 4.78 is 29.0. The van der Waals surface area contributed by atoms with Crippen LogP contribution in [-0.2, 0) is 14.8 Å². The van der Waals surface area contributed by atoms with Crippen LogP contribution >= 0.6 is 11.6 Å². The molecule has 0 atom stereocenters. The minimum Gasteiger partial charge on any atom is -0.484 e. The molecular weight excluding hydrogens is 328 g/mol. The van der Waals surface area contributed by atoms with Gasteiger partial charge >= 0.3 is 0 Å². The predicted octanol–water partition coefficient (Wildman–Crippen LogP) is 1.73. The number of benzene rings is 2. The summed E-state index contributed by atoms with van der Waals surface area (Å²) in [6, 6.07) is 14.2. The Hall–Kier alpha value is -2.09. The topological polar surface area (TPSA) is 84.5 Å². The van der Waals surface area contributed by atoms with Gasteiger partial charge in [-0.15, -0.1) is 4.83 Å². The van der Waals surface area contributed by atoms with Crippen molar-refractivity contribution in [3.63, 3.8) is 0 Å². The number of hydrogen-bond donors (Lipinski definition) is 2. The summed E-state index contributed by atoms with van der Waals surface area (Å²) in [4.78, 5) is 13.5. The van der Waals surface area contributed by atoms with Crippen LogP contribution in [0.4, 0.5) is 0 Å². The number of para-hydroxylation sites is 1. The highest BCUT2D eigenvalue weighted by molar-refractivity contribution is 7.89. The molecule has 8 heteroatoms. The Bertz CT molecular complexity index is 733. The summed E-state index contributed by atoms with van der Waals surface area (Å²) >= 11 is 5.69. The van der Waals surface area contributed by atoms with Crippen molar-refractivity contribution in [2.24, 2.45) is 0 Å². The fourth-order valence-corrected chi connectivity index (χ4v) is 2.48. The van der Waals surface area contributed by atoms with E-state index in [-0.39, 0.29) is 11.5 Å². The van der Waals surface area contributed by atoms with Gasteiger partial charge in [0, 0.05) is 5.02 Å². The van der Waals surface area contributed by atoms with Crippen LogP contribution in [0.25, 0.3) is 0 Å². The van der Waals surface area contributed by atoms with E-state index in [1.807, 2.05) is 10.9 Å². The number of hydrazine groups is 1. The van der Waals surface area contributed by atoms with Crippen molar-refractivity contribution in [3.05, 3.63) is 59.6 Å². The lowest BCUT2D eigenvalue weighted by Gasteiger charge is -2.09. The van der Waals surface area contributed by atoms with Crippen molar-refractivity contribution < 1.29 is 17.9 Å². The highest BCUT2D eigenvalue weighted by atomic mass is 35.5. The molecule has 2 aromatic rings. The van der Waals surface area contributed by atoms with E-state index in [0.717, 1.165) is 0 Å². The Labute approximate surface area is 133 Å². The van der Waals surface area contributed by atoms with Crippen molar-refractivity contribution >= 4 is 27.5 Å². The zero-order chi connectivity index (χ0) is 16.0. The van der Waals surface area contributed by atoms with E-state index in [0.29, 0.717) is 10.8 Å². The Balaban J connectivity index is 1.86. The smallest absolute Gasteiger partial charge is 0.272 e. The van der Waals surface area contributed by atoms with Crippen LogP contribution < -0.4 is 15.0 Å². The lowest BCUT2D eigenvalue weighted by molar-refractivity contribution is -0.123. The zero-order valence-corrected chi connectivity index (χ0v) is 12.9. The van der Waals surface area contributed by atoms with E-state index in [4.69, 9.17) is 16.3 Å². The van der Waals surface area contributed by atoms with E-state index < -0.39 is 15.9 Å². The first-order valence-electron chi connectivity index (χ1n) is 6.21. The summed E-state index contributed by atoms with van der Waals surface area (Å²) in [6.45, 7) is -0.312. The monoisotopic (exact) mass is 340 g/mol. The molecule has 0 radical (unpaired) electrons. The molecule has 1 amide bonds. The normalized spacial score (nSPS) is 11.0. The largest absolute Gasteiger partial charge is 0.484 e. The van der Waals surface area contributed by atoms with Crippen LogP contribution in [0.1, 0.15) is 0 Å². The molecule has 0 aliphatic heterocycles. The zero-order valence-electron chi connectivity index (χ0n) is 11.3. The van der Waals surface area contributed by atoms with Gasteiger partial charge in [-0.1, -0.05) is 29.8 Å². The number of carbonyl (C=O) groups is 1. The van der Waals surface area contributed by atoms with E-state index in [2.05, 4.69) is 5.43 Å². The van der Waals surface area contributed by atoms with Crippen molar-refractivity contribution in [3.8, 4) is 5.75 Å². The van der Waals surface area contributed by atoms with Gasteiger partial charge in [0.2, 0.25) is 0 Å². The van der Waals surface area contributed by atoms with Gasteiger partial charge < -0.3 is 4.74 Å². The molecule has 116 valence electrons. The maximum atomic E-state index is 11.9. The third-order valence-electron chi connectivity index (χ3n) is 2.56.